The first kappa shape index (κ1) is 14.7. The number of sulfonamides is 1. The fraction of sp³-hybridized carbons (Fsp3) is 0.267. The van der Waals surface area contributed by atoms with Gasteiger partial charge < -0.3 is 0 Å². The summed E-state index contributed by atoms with van der Waals surface area (Å²) in [6.45, 7) is 0.293. The van der Waals surface area contributed by atoms with Gasteiger partial charge in [-0.05, 0) is 30.0 Å². The quantitative estimate of drug-likeness (QED) is 0.850. The highest BCUT2D eigenvalue weighted by atomic mass is 32.2. The van der Waals surface area contributed by atoms with E-state index in [0.29, 0.717) is 13.0 Å². The minimum atomic E-state index is -3.23. The van der Waals surface area contributed by atoms with Crippen LogP contribution in [0.15, 0.2) is 54.9 Å². The Morgan fingerprint density at radius 2 is 1.75 bits per heavy atom. The number of rotatable bonds is 7. The Hall–Kier alpha value is -1.72. The Kier molecular flexibility index (Phi) is 5.26. The molecule has 4 nitrogen and oxygen atoms in total. The van der Waals surface area contributed by atoms with Gasteiger partial charge >= 0.3 is 0 Å². The highest BCUT2D eigenvalue weighted by Crippen LogP contribution is 2.04. The standard InChI is InChI=1S/C15H18N2O2S/c18-20(19,17-13-15-8-4-10-16-12-15)11-5-9-14-6-2-1-3-7-14/h1-4,6-8,10,12,17H,5,9,11,13H2. The van der Waals surface area contributed by atoms with E-state index in [4.69, 9.17) is 0 Å². The highest BCUT2D eigenvalue weighted by Gasteiger charge is 2.09. The molecule has 5 heteroatoms. The van der Waals surface area contributed by atoms with Crippen molar-refractivity contribution in [3.8, 4) is 0 Å². The molecular weight excluding hydrogens is 272 g/mol. The van der Waals surface area contributed by atoms with Crippen molar-refractivity contribution in [2.45, 2.75) is 19.4 Å². The van der Waals surface area contributed by atoms with Crippen LogP contribution in [0, 0.1) is 0 Å². The van der Waals surface area contributed by atoms with Crippen molar-refractivity contribution < 1.29 is 8.42 Å². The molecule has 2 aromatic rings. The van der Waals surface area contributed by atoms with Crippen LogP contribution in [-0.2, 0) is 23.0 Å². The third-order valence-corrected chi connectivity index (χ3v) is 4.35. The molecule has 0 aliphatic heterocycles. The lowest BCUT2D eigenvalue weighted by molar-refractivity contribution is 0.578. The summed E-state index contributed by atoms with van der Waals surface area (Å²) >= 11 is 0. The largest absolute Gasteiger partial charge is 0.264 e. The van der Waals surface area contributed by atoms with Crippen LogP contribution >= 0.6 is 0 Å². The minimum Gasteiger partial charge on any atom is -0.264 e. The van der Waals surface area contributed by atoms with E-state index >= 15 is 0 Å². The first-order valence-electron chi connectivity index (χ1n) is 6.56. The topological polar surface area (TPSA) is 59.1 Å². The van der Waals surface area contributed by atoms with Gasteiger partial charge in [-0.2, -0.15) is 0 Å². The molecule has 0 atom stereocenters. The predicted octanol–water partition coefficient (Wildman–Crippen LogP) is 2.13. The number of nitrogens with zero attached hydrogens (tertiary/aromatic N) is 1. The van der Waals surface area contributed by atoms with Crippen LogP contribution in [0.1, 0.15) is 17.5 Å². The van der Waals surface area contributed by atoms with Crippen molar-refractivity contribution >= 4 is 10.0 Å². The number of hydrogen-bond acceptors (Lipinski definition) is 3. The molecule has 0 saturated heterocycles. The third-order valence-electron chi connectivity index (χ3n) is 2.94. The molecule has 0 unspecified atom stereocenters. The second-order valence-corrected chi connectivity index (χ2v) is 6.52. The van der Waals surface area contributed by atoms with E-state index in [-0.39, 0.29) is 5.75 Å². The highest BCUT2D eigenvalue weighted by molar-refractivity contribution is 7.89. The Balaban J connectivity index is 1.77. The van der Waals surface area contributed by atoms with E-state index in [1.807, 2.05) is 36.4 Å². The molecule has 0 aliphatic rings. The van der Waals surface area contributed by atoms with Crippen LogP contribution < -0.4 is 4.72 Å². The molecule has 106 valence electrons. The van der Waals surface area contributed by atoms with E-state index in [0.717, 1.165) is 17.5 Å². The molecule has 1 heterocycles. The summed E-state index contributed by atoms with van der Waals surface area (Å²) in [7, 11) is -3.23. The molecule has 0 fully saturated rings. The molecule has 0 aliphatic carbocycles. The third kappa shape index (κ3) is 5.11. The average Bonchev–Trinajstić information content (AvgIpc) is 2.47. The second-order valence-electron chi connectivity index (χ2n) is 4.59. The van der Waals surface area contributed by atoms with Crippen LogP contribution in [0.4, 0.5) is 0 Å². The van der Waals surface area contributed by atoms with Crippen LogP contribution in [0.2, 0.25) is 0 Å². The zero-order valence-electron chi connectivity index (χ0n) is 11.2. The molecule has 20 heavy (non-hydrogen) atoms. The number of pyridine rings is 1. The molecule has 0 spiro atoms. The summed E-state index contributed by atoms with van der Waals surface area (Å²) in [5.41, 5.74) is 2.02. The summed E-state index contributed by atoms with van der Waals surface area (Å²) in [4.78, 5) is 3.95. The zero-order valence-corrected chi connectivity index (χ0v) is 12.0. The summed E-state index contributed by atoms with van der Waals surface area (Å²) in [6.07, 6.45) is 4.71. The SMILES string of the molecule is O=S(=O)(CCCc1ccccc1)NCc1cccnc1. The van der Waals surface area contributed by atoms with Crippen LogP contribution in [0.25, 0.3) is 0 Å². The van der Waals surface area contributed by atoms with Gasteiger partial charge in [0, 0.05) is 18.9 Å². The lowest BCUT2D eigenvalue weighted by Crippen LogP contribution is -2.26. The molecule has 1 aromatic heterocycles. The Labute approximate surface area is 119 Å². The van der Waals surface area contributed by atoms with E-state index in [2.05, 4.69) is 9.71 Å². The fourth-order valence-electron chi connectivity index (χ4n) is 1.88. The molecule has 1 aromatic carbocycles. The van der Waals surface area contributed by atoms with Gasteiger partial charge in [-0.1, -0.05) is 36.4 Å². The van der Waals surface area contributed by atoms with Crippen LogP contribution in [-0.4, -0.2) is 19.2 Å². The minimum absolute atomic E-state index is 0.141. The van der Waals surface area contributed by atoms with Crippen molar-refractivity contribution in [1.29, 1.82) is 0 Å². The van der Waals surface area contributed by atoms with Gasteiger partial charge in [-0.15, -0.1) is 0 Å². The van der Waals surface area contributed by atoms with Crippen molar-refractivity contribution in [2.75, 3.05) is 5.75 Å². The summed E-state index contributed by atoms with van der Waals surface area (Å²) in [5, 5.41) is 0. The summed E-state index contributed by atoms with van der Waals surface area (Å²) in [5.74, 6) is 0.141. The molecule has 0 saturated carbocycles. The fourth-order valence-corrected chi connectivity index (χ4v) is 2.93. The van der Waals surface area contributed by atoms with Crippen molar-refractivity contribution in [3.63, 3.8) is 0 Å². The molecule has 0 bridgehead atoms. The van der Waals surface area contributed by atoms with Crippen molar-refractivity contribution in [1.82, 2.24) is 9.71 Å². The van der Waals surface area contributed by atoms with Crippen LogP contribution in [0.5, 0.6) is 0 Å². The molecule has 2 rings (SSSR count). The van der Waals surface area contributed by atoms with Gasteiger partial charge in [0.05, 0.1) is 5.75 Å². The molecular formula is C15H18N2O2S. The lowest BCUT2D eigenvalue weighted by Gasteiger charge is -2.06. The molecule has 1 N–H and O–H groups in total. The van der Waals surface area contributed by atoms with Crippen molar-refractivity contribution in [3.05, 3.63) is 66.0 Å². The normalized spacial score (nSPS) is 11.4. The number of hydrogen-bond donors (Lipinski definition) is 1. The monoisotopic (exact) mass is 290 g/mol. The second kappa shape index (κ2) is 7.17. The van der Waals surface area contributed by atoms with E-state index in [1.54, 1.807) is 18.5 Å². The van der Waals surface area contributed by atoms with Gasteiger partial charge in [0.2, 0.25) is 10.0 Å². The van der Waals surface area contributed by atoms with Gasteiger partial charge in [-0.25, -0.2) is 13.1 Å². The summed E-state index contributed by atoms with van der Waals surface area (Å²) in [6, 6.07) is 13.5. The Morgan fingerprint density at radius 1 is 1.00 bits per heavy atom. The van der Waals surface area contributed by atoms with Crippen molar-refractivity contribution in [2.24, 2.45) is 0 Å². The zero-order chi connectivity index (χ0) is 14.3. The van der Waals surface area contributed by atoms with E-state index in [9.17, 15) is 8.42 Å². The Bertz CT molecular complexity index is 613. The average molecular weight is 290 g/mol. The molecule has 0 amide bonds. The Morgan fingerprint density at radius 3 is 2.45 bits per heavy atom. The molecule has 0 radical (unpaired) electrons. The number of aryl methyl sites for hydroxylation is 1. The first-order valence-corrected chi connectivity index (χ1v) is 8.21. The van der Waals surface area contributed by atoms with Gasteiger partial charge in [0.1, 0.15) is 0 Å². The number of benzene rings is 1. The maximum absolute atomic E-state index is 11.9. The van der Waals surface area contributed by atoms with Gasteiger partial charge in [0.25, 0.3) is 0 Å². The van der Waals surface area contributed by atoms with Crippen LogP contribution in [0.3, 0.4) is 0 Å². The van der Waals surface area contributed by atoms with Gasteiger partial charge in [-0.3, -0.25) is 4.98 Å². The first-order chi connectivity index (χ1) is 9.66. The summed E-state index contributed by atoms with van der Waals surface area (Å²) < 4.78 is 26.3. The smallest absolute Gasteiger partial charge is 0.211 e. The predicted molar refractivity (Wildman–Crippen MR) is 79.6 cm³/mol. The lowest BCUT2D eigenvalue weighted by atomic mass is 10.1. The maximum Gasteiger partial charge on any atom is 0.211 e. The maximum atomic E-state index is 11.9. The number of nitrogens with one attached hydrogen (secondary N) is 1. The van der Waals surface area contributed by atoms with E-state index in [1.165, 1.54) is 0 Å². The van der Waals surface area contributed by atoms with Gasteiger partial charge in [0.15, 0.2) is 0 Å². The number of aromatic nitrogens is 1. The van der Waals surface area contributed by atoms with E-state index < -0.39 is 10.0 Å².